The molecule has 0 aromatic rings. The van der Waals surface area contributed by atoms with Gasteiger partial charge in [0.25, 0.3) is 0 Å². The lowest BCUT2D eigenvalue weighted by Crippen LogP contribution is -2.40. The zero-order chi connectivity index (χ0) is 5.98. The van der Waals surface area contributed by atoms with Crippen LogP contribution in [-0.2, 0) is 0 Å². The Morgan fingerprint density at radius 2 is 2.38 bits per heavy atom. The molecule has 0 aromatic carbocycles. The molecule has 0 fully saturated rings. The maximum absolute atomic E-state index is 5.37. The third-order valence-corrected chi connectivity index (χ3v) is 0.882. The monoisotopic (exact) mass is 113 g/mol. The molecule has 8 heavy (non-hydrogen) atoms. The highest BCUT2D eigenvalue weighted by atomic mass is 15.4. The summed E-state index contributed by atoms with van der Waals surface area (Å²) in [5.41, 5.74) is 10.6. The first-order valence-electron chi connectivity index (χ1n) is 2.26. The molecule has 5 heteroatoms. The fourth-order valence-corrected chi connectivity index (χ4v) is 0.375. The van der Waals surface area contributed by atoms with Crippen molar-refractivity contribution in [1.82, 2.24) is 0 Å². The maximum Gasteiger partial charge on any atom is 0.143 e. The second kappa shape index (κ2) is 1.87. The highest BCUT2D eigenvalue weighted by molar-refractivity contribution is 5.85. The smallest absolute Gasteiger partial charge is 0.143 e. The number of nitrogens with two attached hydrogens (primary N) is 2. The molecule has 0 aromatic heterocycles. The fourth-order valence-electron chi connectivity index (χ4n) is 0.375. The number of amidine groups is 1. The van der Waals surface area contributed by atoms with E-state index in [4.69, 9.17) is 11.5 Å². The van der Waals surface area contributed by atoms with Crippen LogP contribution in [0.5, 0.6) is 0 Å². The third-order valence-electron chi connectivity index (χ3n) is 0.882. The second-order valence-electron chi connectivity index (χ2n) is 1.54. The summed E-state index contributed by atoms with van der Waals surface area (Å²) in [4.78, 5) is 0. The van der Waals surface area contributed by atoms with Crippen LogP contribution in [0.15, 0.2) is 15.4 Å². The van der Waals surface area contributed by atoms with Crippen LogP contribution in [0.3, 0.4) is 0 Å². The van der Waals surface area contributed by atoms with E-state index in [0.29, 0.717) is 12.4 Å². The molecule has 0 amide bonds. The van der Waals surface area contributed by atoms with Gasteiger partial charge in [0, 0.05) is 0 Å². The molecule has 44 valence electrons. The Morgan fingerprint density at radius 1 is 1.62 bits per heavy atom. The summed E-state index contributed by atoms with van der Waals surface area (Å²) in [6.45, 7) is 0.454. The number of hydrogen-bond acceptors (Lipinski definition) is 5. The van der Waals surface area contributed by atoms with E-state index in [0.717, 1.165) is 0 Å². The standard InChI is InChI=1S/C3H7N5/c4-2-1-6-8-7-3(2)5/h2H,1,4H2,(H2,5,6,7). The van der Waals surface area contributed by atoms with E-state index >= 15 is 0 Å². The van der Waals surface area contributed by atoms with Crippen molar-refractivity contribution in [2.24, 2.45) is 26.9 Å². The average Bonchev–Trinajstić information content (AvgIpc) is 1.77. The third kappa shape index (κ3) is 0.812. The molecule has 5 nitrogen and oxygen atoms in total. The second-order valence-corrected chi connectivity index (χ2v) is 1.54. The van der Waals surface area contributed by atoms with Gasteiger partial charge in [0.15, 0.2) is 0 Å². The number of hydrogen-bond donors (Lipinski definition) is 2. The molecule has 1 heterocycles. The van der Waals surface area contributed by atoms with Gasteiger partial charge in [-0.25, -0.2) is 0 Å². The highest BCUT2D eigenvalue weighted by Crippen LogP contribution is 1.91. The van der Waals surface area contributed by atoms with Gasteiger partial charge in [0.1, 0.15) is 5.84 Å². The van der Waals surface area contributed by atoms with E-state index in [1.54, 1.807) is 0 Å². The lowest BCUT2D eigenvalue weighted by atomic mass is 10.3. The zero-order valence-corrected chi connectivity index (χ0v) is 4.28. The van der Waals surface area contributed by atoms with Crippen molar-refractivity contribution in [3.05, 3.63) is 0 Å². The van der Waals surface area contributed by atoms with Crippen molar-refractivity contribution in [3.63, 3.8) is 0 Å². The van der Waals surface area contributed by atoms with E-state index in [2.05, 4.69) is 15.4 Å². The van der Waals surface area contributed by atoms with E-state index < -0.39 is 0 Å². The summed E-state index contributed by atoms with van der Waals surface area (Å²) in [6, 6.07) is -0.229. The fraction of sp³-hybridized carbons (Fsp3) is 0.667. The molecule has 0 bridgehead atoms. The van der Waals surface area contributed by atoms with Gasteiger partial charge in [-0.3, -0.25) is 0 Å². The van der Waals surface area contributed by atoms with E-state index in [1.165, 1.54) is 0 Å². The van der Waals surface area contributed by atoms with Gasteiger partial charge in [0.2, 0.25) is 0 Å². The molecule has 1 rings (SSSR count). The molecule has 1 aliphatic heterocycles. The molecule has 4 N–H and O–H groups in total. The van der Waals surface area contributed by atoms with Crippen molar-refractivity contribution >= 4 is 5.84 Å². The quantitative estimate of drug-likeness (QED) is 0.424. The van der Waals surface area contributed by atoms with Gasteiger partial charge in [-0.05, 0) is 5.22 Å². The Morgan fingerprint density at radius 3 is 2.75 bits per heavy atom. The van der Waals surface area contributed by atoms with Gasteiger partial charge in [-0.2, -0.15) is 5.11 Å². The first-order valence-corrected chi connectivity index (χ1v) is 2.26. The van der Waals surface area contributed by atoms with Gasteiger partial charge in [-0.1, -0.05) is 0 Å². The minimum atomic E-state index is -0.229. The predicted molar refractivity (Wildman–Crippen MR) is 29.3 cm³/mol. The van der Waals surface area contributed by atoms with Crippen LogP contribution in [0, 0.1) is 0 Å². The van der Waals surface area contributed by atoms with Gasteiger partial charge < -0.3 is 11.5 Å². The lowest BCUT2D eigenvalue weighted by molar-refractivity contribution is 0.752. The van der Waals surface area contributed by atoms with E-state index in [1.807, 2.05) is 0 Å². The van der Waals surface area contributed by atoms with Crippen molar-refractivity contribution in [2.75, 3.05) is 6.54 Å². The van der Waals surface area contributed by atoms with Crippen LogP contribution in [0.4, 0.5) is 0 Å². The minimum absolute atomic E-state index is 0.229. The van der Waals surface area contributed by atoms with Crippen LogP contribution >= 0.6 is 0 Å². The van der Waals surface area contributed by atoms with Crippen molar-refractivity contribution in [2.45, 2.75) is 6.04 Å². The normalized spacial score (nSPS) is 27.6. The molecule has 0 saturated carbocycles. The molecular weight excluding hydrogens is 106 g/mol. The minimum Gasteiger partial charge on any atom is -0.384 e. The average molecular weight is 113 g/mol. The molecular formula is C3H7N5. The molecule has 0 saturated heterocycles. The van der Waals surface area contributed by atoms with Crippen molar-refractivity contribution < 1.29 is 0 Å². The summed E-state index contributed by atoms with van der Waals surface area (Å²) in [7, 11) is 0. The summed E-state index contributed by atoms with van der Waals surface area (Å²) in [6.07, 6.45) is 0. The van der Waals surface area contributed by atoms with Crippen LogP contribution in [0.1, 0.15) is 0 Å². The SMILES string of the molecule is NC1=NN=NCC1N. The van der Waals surface area contributed by atoms with Crippen molar-refractivity contribution in [3.8, 4) is 0 Å². The molecule has 1 aliphatic rings. The Labute approximate surface area is 46.5 Å². The molecule has 0 spiro atoms. The highest BCUT2D eigenvalue weighted by Gasteiger charge is 2.08. The Hall–Kier alpha value is -0.970. The van der Waals surface area contributed by atoms with Crippen LogP contribution in [0.25, 0.3) is 0 Å². The van der Waals surface area contributed by atoms with Gasteiger partial charge in [0.05, 0.1) is 12.6 Å². The van der Waals surface area contributed by atoms with E-state index in [-0.39, 0.29) is 6.04 Å². The van der Waals surface area contributed by atoms with E-state index in [9.17, 15) is 0 Å². The van der Waals surface area contributed by atoms with Gasteiger partial charge in [-0.15, -0.1) is 5.10 Å². The summed E-state index contributed by atoms with van der Waals surface area (Å²) < 4.78 is 0. The largest absolute Gasteiger partial charge is 0.384 e. The number of nitrogens with zero attached hydrogens (tertiary/aromatic N) is 3. The lowest BCUT2D eigenvalue weighted by Gasteiger charge is -2.07. The summed E-state index contributed by atoms with van der Waals surface area (Å²) in [5, 5.41) is 10.3. The summed E-state index contributed by atoms with van der Waals surface area (Å²) in [5.74, 6) is 0.361. The Kier molecular flexibility index (Phi) is 1.21. The molecule has 1 unspecified atom stereocenters. The predicted octanol–water partition coefficient (Wildman–Crippen LogP) is -0.948. The topological polar surface area (TPSA) is 89.1 Å². The first-order chi connectivity index (χ1) is 3.80. The maximum atomic E-state index is 5.37. The first kappa shape index (κ1) is 5.17. The van der Waals surface area contributed by atoms with Crippen LogP contribution < -0.4 is 11.5 Å². The van der Waals surface area contributed by atoms with Crippen molar-refractivity contribution in [1.29, 1.82) is 0 Å². The van der Waals surface area contributed by atoms with Crippen LogP contribution in [0.2, 0.25) is 0 Å². The molecule has 0 radical (unpaired) electrons. The Bertz CT molecular complexity index is 137. The molecule has 1 atom stereocenters. The van der Waals surface area contributed by atoms with Gasteiger partial charge >= 0.3 is 0 Å². The molecule has 0 aliphatic carbocycles. The summed E-state index contributed by atoms with van der Waals surface area (Å²) >= 11 is 0. The van der Waals surface area contributed by atoms with Crippen LogP contribution in [-0.4, -0.2) is 18.4 Å². The zero-order valence-electron chi connectivity index (χ0n) is 4.28. The number of rotatable bonds is 0. The Balaban J connectivity index is 2.66.